The second-order valence-corrected chi connectivity index (χ2v) is 16.0. The average molecular weight is 747 g/mol. The number of aromatic nitrogens is 2. The van der Waals surface area contributed by atoms with Crippen LogP contribution in [0.25, 0.3) is 142 Å². The molecule has 0 saturated heterocycles. The Morgan fingerprint density at radius 1 is 0.237 bits per heavy atom. The molecule has 2 nitrogen and oxygen atoms in total. The quantitative estimate of drug-likeness (QED) is 0.165. The number of rotatable bonds is 2. The van der Waals surface area contributed by atoms with Crippen LogP contribution in [0.1, 0.15) is 7.43 Å². The molecule has 14 rings (SSSR count). The summed E-state index contributed by atoms with van der Waals surface area (Å²) in [6.45, 7) is 0. The van der Waals surface area contributed by atoms with Crippen LogP contribution in [0.2, 0.25) is 0 Å². The number of hydrogen-bond donors (Lipinski definition) is 0. The fraction of sp³-hybridized carbons (Fsp3) is 0.0175. The van der Waals surface area contributed by atoms with Gasteiger partial charge in [-0.15, -0.1) is 0 Å². The fourth-order valence-corrected chi connectivity index (χ4v) is 10.7. The zero-order valence-electron chi connectivity index (χ0n) is 31.2. The molecule has 0 unspecified atom stereocenters. The Bertz CT molecular complexity index is 3580. The molecule has 272 valence electrons. The van der Waals surface area contributed by atoms with Crippen LogP contribution in [-0.2, 0) is 0 Å². The molecule has 0 amide bonds. The molecule has 0 atom stereocenters. The summed E-state index contributed by atoms with van der Waals surface area (Å²) < 4.78 is 0. The Morgan fingerprint density at radius 2 is 0.576 bits per heavy atom. The van der Waals surface area contributed by atoms with Crippen molar-refractivity contribution in [1.82, 2.24) is 9.97 Å². The Kier molecular flexibility index (Phi) is 6.42. The van der Waals surface area contributed by atoms with Crippen LogP contribution in [0.5, 0.6) is 0 Å². The van der Waals surface area contributed by atoms with Gasteiger partial charge in [-0.05, 0) is 181 Å². The van der Waals surface area contributed by atoms with Gasteiger partial charge in [0, 0.05) is 23.2 Å². The molecular weight excluding hydrogens is 713 g/mol. The molecule has 10 aromatic carbocycles. The summed E-state index contributed by atoms with van der Waals surface area (Å²) in [6, 6.07) is 63.5. The molecule has 2 heteroatoms. The average Bonchev–Trinajstić information content (AvgIpc) is 3.77. The highest BCUT2D eigenvalue weighted by Crippen LogP contribution is 2.54. The van der Waals surface area contributed by atoms with Gasteiger partial charge < -0.3 is 0 Å². The molecule has 0 radical (unpaired) electrons. The molecule has 0 bridgehead atoms. The van der Waals surface area contributed by atoms with E-state index in [1.807, 2.05) is 12.4 Å². The van der Waals surface area contributed by atoms with Crippen molar-refractivity contribution in [3.8, 4) is 66.8 Å². The lowest BCUT2D eigenvalue weighted by Gasteiger charge is -2.19. The summed E-state index contributed by atoms with van der Waals surface area (Å²) >= 11 is 0. The van der Waals surface area contributed by atoms with Gasteiger partial charge in [0.2, 0.25) is 0 Å². The lowest BCUT2D eigenvalue weighted by atomic mass is 9.84. The first-order valence-corrected chi connectivity index (χ1v) is 20.1. The smallest absolute Gasteiger partial charge is 0.0708 e. The van der Waals surface area contributed by atoms with Gasteiger partial charge in [0.25, 0.3) is 0 Å². The lowest BCUT2D eigenvalue weighted by Crippen LogP contribution is -1.93. The van der Waals surface area contributed by atoms with Crippen LogP contribution >= 0.6 is 0 Å². The van der Waals surface area contributed by atoms with Crippen molar-refractivity contribution in [3.05, 3.63) is 182 Å². The standard InChI is InChI=1S/C56H30N2.CH4/c1-3-19-53-35(13-1)33(21-23-57-53)41-25-49-50(51-29-45-39-17-7-11-31-9-5-15-37(55(31)39)43(45)27-47(41)51)26-42(34-22-24-58-54-20-4-2-14-36(34)54)48-28-44-38-16-6-10-32-12-8-18-40(56(32)38)46(44)30-52(48)49;/h1-30H;1H4. The number of fused-ring (bicyclic) bond motifs is 13. The van der Waals surface area contributed by atoms with Gasteiger partial charge in [-0.1, -0.05) is 117 Å². The van der Waals surface area contributed by atoms with E-state index >= 15 is 0 Å². The van der Waals surface area contributed by atoms with Crippen molar-refractivity contribution >= 4 is 75.7 Å². The minimum atomic E-state index is 0. The van der Waals surface area contributed by atoms with Gasteiger partial charge in [0.15, 0.2) is 0 Å². The van der Waals surface area contributed by atoms with Crippen molar-refractivity contribution in [3.63, 3.8) is 0 Å². The van der Waals surface area contributed by atoms with Gasteiger partial charge in [0.1, 0.15) is 0 Å². The number of hydrogen-bond acceptors (Lipinski definition) is 2. The summed E-state index contributed by atoms with van der Waals surface area (Å²) in [5.41, 5.74) is 17.3. The van der Waals surface area contributed by atoms with Gasteiger partial charge in [-0.2, -0.15) is 0 Å². The van der Waals surface area contributed by atoms with Crippen molar-refractivity contribution in [2.75, 3.05) is 0 Å². The van der Waals surface area contributed by atoms with E-state index < -0.39 is 0 Å². The monoisotopic (exact) mass is 746 g/mol. The number of benzene rings is 10. The predicted molar refractivity (Wildman–Crippen MR) is 251 cm³/mol. The third kappa shape index (κ3) is 4.25. The SMILES string of the molecule is C.c1cc2c3c(cccc3c1)-c1cc3c(cc1-2)c(-c1ccnc2ccccc12)cc1c2cc4c(cc2c(-c2ccnc5ccccc25)cc31)-c1cccc2cccc-4c12. The second kappa shape index (κ2) is 11.7. The number of pyridine rings is 2. The Hall–Kier alpha value is -7.68. The molecule has 2 heterocycles. The van der Waals surface area contributed by atoms with E-state index in [-0.39, 0.29) is 7.43 Å². The number of nitrogens with zero attached hydrogens (tertiary/aromatic N) is 2. The number of para-hydroxylation sites is 2. The van der Waals surface area contributed by atoms with E-state index in [1.165, 1.54) is 121 Å². The topological polar surface area (TPSA) is 25.8 Å². The molecule has 0 aliphatic heterocycles. The molecular formula is C57H34N2. The van der Waals surface area contributed by atoms with Crippen LogP contribution < -0.4 is 0 Å². The van der Waals surface area contributed by atoms with Crippen molar-refractivity contribution < 1.29 is 0 Å². The largest absolute Gasteiger partial charge is 0.256 e. The van der Waals surface area contributed by atoms with Crippen LogP contribution in [0.3, 0.4) is 0 Å². The second-order valence-electron chi connectivity index (χ2n) is 16.0. The molecule has 2 aliphatic carbocycles. The maximum Gasteiger partial charge on any atom is 0.0708 e. The van der Waals surface area contributed by atoms with Crippen LogP contribution in [0, 0.1) is 0 Å². The van der Waals surface area contributed by atoms with Gasteiger partial charge in [0.05, 0.1) is 11.0 Å². The zero-order chi connectivity index (χ0) is 37.6. The first-order chi connectivity index (χ1) is 28.8. The first kappa shape index (κ1) is 32.4. The van der Waals surface area contributed by atoms with Gasteiger partial charge in [-0.3, -0.25) is 9.97 Å². The molecule has 2 aromatic heterocycles. The third-order valence-corrected chi connectivity index (χ3v) is 13.2. The van der Waals surface area contributed by atoms with Crippen LogP contribution in [0.4, 0.5) is 0 Å². The predicted octanol–water partition coefficient (Wildman–Crippen LogP) is 15.8. The van der Waals surface area contributed by atoms with E-state index in [0.717, 1.165) is 21.8 Å². The highest BCUT2D eigenvalue weighted by molar-refractivity contribution is 6.30. The van der Waals surface area contributed by atoms with Crippen molar-refractivity contribution in [1.29, 1.82) is 0 Å². The molecule has 0 spiro atoms. The summed E-state index contributed by atoms with van der Waals surface area (Å²) in [5.74, 6) is 0. The van der Waals surface area contributed by atoms with Gasteiger partial charge >= 0.3 is 0 Å². The Balaban J connectivity index is 0.00000360. The van der Waals surface area contributed by atoms with Crippen molar-refractivity contribution in [2.45, 2.75) is 7.43 Å². The highest BCUT2D eigenvalue weighted by Gasteiger charge is 2.27. The molecule has 2 aliphatic rings. The van der Waals surface area contributed by atoms with Gasteiger partial charge in [-0.25, -0.2) is 0 Å². The third-order valence-electron chi connectivity index (χ3n) is 13.2. The summed E-state index contributed by atoms with van der Waals surface area (Å²) in [7, 11) is 0. The fourth-order valence-electron chi connectivity index (χ4n) is 10.7. The Morgan fingerprint density at radius 3 is 0.983 bits per heavy atom. The van der Waals surface area contributed by atoms with E-state index in [1.54, 1.807) is 0 Å². The normalized spacial score (nSPS) is 12.3. The van der Waals surface area contributed by atoms with E-state index in [2.05, 4.69) is 170 Å². The van der Waals surface area contributed by atoms with Crippen LogP contribution in [0.15, 0.2) is 182 Å². The lowest BCUT2D eigenvalue weighted by molar-refractivity contribution is 1.41. The molecule has 0 saturated carbocycles. The first-order valence-electron chi connectivity index (χ1n) is 20.1. The van der Waals surface area contributed by atoms with E-state index in [9.17, 15) is 0 Å². The molecule has 12 aromatic rings. The molecule has 59 heavy (non-hydrogen) atoms. The minimum Gasteiger partial charge on any atom is -0.256 e. The minimum absolute atomic E-state index is 0. The molecule has 0 fully saturated rings. The van der Waals surface area contributed by atoms with E-state index in [0.29, 0.717) is 0 Å². The maximum absolute atomic E-state index is 4.81. The Labute approximate surface area is 340 Å². The summed E-state index contributed by atoms with van der Waals surface area (Å²) in [4.78, 5) is 9.63. The van der Waals surface area contributed by atoms with Crippen LogP contribution in [-0.4, -0.2) is 9.97 Å². The maximum atomic E-state index is 4.81. The van der Waals surface area contributed by atoms with Crippen molar-refractivity contribution in [2.24, 2.45) is 0 Å². The highest BCUT2D eigenvalue weighted by atomic mass is 14.6. The summed E-state index contributed by atoms with van der Waals surface area (Å²) in [6.07, 6.45) is 3.94. The molecule has 0 N–H and O–H groups in total. The zero-order valence-corrected chi connectivity index (χ0v) is 31.2. The van der Waals surface area contributed by atoms with E-state index in [4.69, 9.17) is 9.97 Å². The summed E-state index contributed by atoms with van der Waals surface area (Å²) in [5, 5.41) is 15.1.